The third-order valence-corrected chi connectivity index (χ3v) is 4.12. The second-order valence-corrected chi connectivity index (χ2v) is 5.53. The van der Waals surface area contributed by atoms with Crippen molar-refractivity contribution in [2.24, 2.45) is 11.1 Å². The van der Waals surface area contributed by atoms with Crippen molar-refractivity contribution in [3.8, 4) is 11.8 Å². The molecule has 2 aromatic rings. The lowest BCUT2D eigenvalue weighted by atomic mass is 9.85. The van der Waals surface area contributed by atoms with Gasteiger partial charge in [-0.1, -0.05) is 25.1 Å². The van der Waals surface area contributed by atoms with E-state index in [1.165, 1.54) is 0 Å². The van der Waals surface area contributed by atoms with Crippen LogP contribution in [0.1, 0.15) is 18.9 Å². The number of carbonyl (C=O) groups excluding carboxylic acids is 1. The van der Waals surface area contributed by atoms with Gasteiger partial charge in [-0.15, -0.1) is 9.64 Å². The molecule has 7 heteroatoms. The summed E-state index contributed by atoms with van der Waals surface area (Å²) in [7, 11) is 0. The monoisotopic (exact) mass is 314 g/mol. The molecule has 1 aliphatic carbocycles. The van der Waals surface area contributed by atoms with Crippen molar-refractivity contribution in [3.05, 3.63) is 46.4 Å². The number of amides is 1. The Morgan fingerprint density at radius 3 is 2.57 bits per heavy atom. The number of aromatic hydroxyl groups is 2. The second-order valence-electron chi connectivity index (χ2n) is 5.53. The van der Waals surface area contributed by atoms with Crippen molar-refractivity contribution in [1.29, 1.82) is 0 Å². The molecule has 3 N–H and O–H groups in total. The summed E-state index contributed by atoms with van der Waals surface area (Å²) in [5, 5.41) is 32.1. The minimum Gasteiger partial charge on any atom is -0.492 e. The number of benzene rings is 1. The molecule has 118 valence electrons. The zero-order chi connectivity index (χ0) is 16.7. The summed E-state index contributed by atoms with van der Waals surface area (Å²) in [5.41, 5.74) is 2.06. The maximum absolute atomic E-state index is 11.4. The fourth-order valence-electron chi connectivity index (χ4n) is 2.86. The summed E-state index contributed by atoms with van der Waals surface area (Å²) in [6.45, 7) is 1.83. The van der Waals surface area contributed by atoms with E-state index in [0.29, 0.717) is 27.5 Å². The number of hydrogen-bond acceptors (Lipinski definition) is 5. The molecule has 0 saturated heterocycles. The van der Waals surface area contributed by atoms with Gasteiger partial charge in [0.25, 0.3) is 0 Å². The lowest BCUT2D eigenvalue weighted by molar-refractivity contribution is -0.114. The third kappa shape index (κ3) is 2.26. The van der Waals surface area contributed by atoms with Gasteiger partial charge in [0.2, 0.25) is 11.8 Å². The average molecular weight is 314 g/mol. The standard InChI is InChI=1S/C16H14N2O5/c1-8-6-9(2-4-11(8)14(19)17-22)10-3-5-12-13(7-10)16(21)18(23)15(12)20/h2-5,7-8,20-21,23H,6H2,1H3. The summed E-state index contributed by atoms with van der Waals surface area (Å²) < 4.78 is 0.318. The number of rotatable bonds is 2. The normalized spacial score (nSPS) is 17.7. The Hall–Kier alpha value is -3.09. The minimum atomic E-state index is -0.761. The summed E-state index contributed by atoms with van der Waals surface area (Å²) in [4.78, 5) is 21.8. The van der Waals surface area contributed by atoms with Gasteiger partial charge >= 0.3 is 5.91 Å². The predicted octanol–water partition coefficient (Wildman–Crippen LogP) is 2.93. The molecule has 1 heterocycles. The van der Waals surface area contributed by atoms with Crippen molar-refractivity contribution in [1.82, 2.24) is 4.73 Å². The lowest BCUT2D eigenvalue weighted by Crippen LogP contribution is -2.11. The van der Waals surface area contributed by atoms with Gasteiger partial charge in [0.1, 0.15) is 0 Å². The molecule has 0 bridgehead atoms. The number of nitrogens with zero attached hydrogens (tertiary/aromatic N) is 2. The molecule has 1 unspecified atom stereocenters. The van der Waals surface area contributed by atoms with Gasteiger partial charge in [0, 0.05) is 10.7 Å². The third-order valence-electron chi connectivity index (χ3n) is 4.12. The van der Waals surface area contributed by atoms with E-state index in [1.54, 1.807) is 30.4 Å². The van der Waals surface area contributed by atoms with Crippen LogP contribution in [0.4, 0.5) is 0 Å². The largest absolute Gasteiger partial charge is 0.492 e. The average Bonchev–Trinajstić information content (AvgIpc) is 2.78. The minimum absolute atomic E-state index is 0.152. The highest BCUT2D eigenvalue weighted by Crippen LogP contribution is 2.38. The highest BCUT2D eigenvalue weighted by Gasteiger charge is 2.23. The van der Waals surface area contributed by atoms with E-state index < -0.39 is 17.7 Å². The molecule has 1 aromatic heterocycles. The second kappa shape index (κ2) is 5.28. The van der Waals surface area contributed by atoms with Crippen LogP contribution in [0.15, 0.2) is 41.1 Å². The first kappa shape index (κ1) is 14.8. The molecule has 0 spiro atoms. The molecule has 7 nitrogen and oxygen atoms in total. The zero-order valence-corrected chi connectivity index (χ0v) is 12.2. The Bertz CT molecular complexity index is 891. The van der Waals surface area contributed by atoms with Crippen molar-refractivity contribution in [3.63, 3.8) is 0 Å². The highest BCUT2D eigenvalue weighted by atomic mass is 16.5. The molecule has 0 saturated carbocycles. The van der Waals surface area contributed by atoms with Gasteiger partial charge in [-0.05, 0) is 35.6 Å². The van der Waals surface area contributed by atoms with Gasteiger partial charge < -0.3 is 15.4 Å². The Labute approximate surface area is 130 Å². The Kier molecular flexibility index (Phi) is 3.40. The maximum atomic E-state index is 11.4. The lowest BCUT2D eigenvalue weighted by Gasteiger charge is -2.19. The Morgan fingerprint density at radius 1 is 1.22 bits per heavy atom. The predicted molar refractivity (Wildman–Crippen MR) is 83.1 cm³/mol. The molecule has 0 aliphatic heterocycles. The molecule has 0 fully saturated rings. The topological polar surface area (TPSA) is 112 Å². The Morgan fingerprint density at radius 2 is 1.91 bits per heavy atom. The van der Waals surface area contributed by atoms with E-state index in [1.807, 2.05) is 6.92 Å². The number of fused-ring (bicyclic) bond motifs is 1. The first-order chi connectivity index (χ1) is 10.9. The number of carbonyl (C=O) groups is 1. The van der Waals surface area contributed by atoms with Crippen LogP contribution in [0, 0.1) is 10.8 Å². The molecule has 1 aliphatic rings. The Balaban J connectivity index is 2.06. The summed E-state index contributed by atoms with van der Waals surface area (Å²) in [6, 6.07) is 4.99. The molecule has 1 aromatic carbocycles. The van der Waals surface area contributed by atoms with Crippen LogP contribution in [0.5, 0.6) is 11.8 Å². The first-order valence-corrected chi connectivity index (χ1v) is 6.98. The van der Waals surface area contributed by atoms with Crippen molar-refractivity contribution < 1.29 is 20.2 Å². The number of aromatic nitrogens is 1. The van der Waals surface area contributed by atoms with Crippen molar-refractivity contribution in [2.75, 3.05) is 0 Å². The number of nitroso groups, excluding NO2 is 1. The van der Waals surface area contributed by atoms with Gasteiger partial charge in [-0.3, -0.25) is 4.79 Å². The van der Waals surface area contributed by atoms with E-state index in [4.69, 9.17) is 0 Å². The summed E-state index contributed by atoms with van der Waals surface area (Å²) in [5.74, 6) is -1.79. The van der Waals surface area contributed by atoms with Gasteiger partial charge in [0.05, 0.1) is 10.8 Å². The van der Waals surface area contributed by atoms with E-state index in [0.717, 1.165) is 11.1 Å². The van der Waals surface area contributed by atoms with Crippen LogP contribution < -0.4 is 0 Å². The van der Waals surface area contributed by atoms with Crippen molar-refractivity contribution >= 4 is 22.3 Å². The van der Waals surface area contributed by atoms with Crippen LogP contribution >= 0.6 is 0 Å². The fraction of sp³-hybridized carbons (Fsp3) is 0.188. The molecule has 0 radical (unpaired) electrons. The SMILES string of the molecule is CC1CC(c2ccc3c(O)n(O)c(O)c3c2)=CC=C1C(=O)N=O. The molecule has 1 amide bonds. The van der Waals surface area contributed by atoms with Crippen molar-refractivity contribution in [2.45, 2.75) is 13.3 Å². The van der Waals surface area contributed by atoms with E-state index in [-0.39, 0.29) is 5.92 Å². The summed E-state index contributed by atoms with van der Waals surface area (Å²) in [6.07, 6.45) is 3.84. The van der Waals surface area contributed by atoms with Crippen LogP contribution in [-0.2, 0) is 4.79 Å². The summed E-state index contributed by atoms with van der Waals surface area (Å²) >= 11 is 0. The molecule has 23 heavy (non-hydrogen) atoms. The quantitative estimate of drug-likeness (QED) is 0.583. The van der Waals surface area contributed by atoms with Crippen LogP contribution in [0.25, 0.3) is 16.3 Å². The van der Waals surface area contributed by atoms with Gasteiger partial charge in [-0.25, -0.2) is 0 Å². The first-order valence-electron chi connectivity index (χ1n) is 6.98. The number of hydrogen-bond donors (Lipinski definition) is 3. The fourth-order valence-corrected chi connectivity index (χ4v) is 2.86. The van der Waals surface area contributed by atoms with Crippen LogP contribution in [0.3, 0.4) is 0 Å². The molecule has 3 rings (SSSR count). The van der Waals surface area contributed by atoms with E-state index in [2.05, 4.69) is 5.18 Å². The van der Waals surface area contributed by atoms with Crippen LogP contribution in [-0.4, -0.2) is 26.1 Å². The zero-order valence-electron chi connectivity index (χ0n) is 12.2. The molecular weight excluding hydrogens is 300 g/mol. The molecular formula is C16H14N2O5. The van der Waals surface area contributed by atoms with E-state index >= 15 is 0 Å². The smallest absolute Gasteiger partial charge is 0.313 e. The van der Waals surface area contributed by atoms with Crippen LogP contribution in [0.2, 0.25) is 0 Å². The maximum Gasteiger partial charge on any atom is 0.313 e. The van der Waals surface area contributed by atoms with Gasteiger partial charge in [-0.2, -0.15) is 0 Å². The highest BCUT2D eigenvalue weighted by molar-refractivity contribution is 5.97. The van der Waals surface area contributed by atoms with E-state index in [9.17, 15) is 25.1 Å². The molecule has 1 atom stereocenters. The number of allylic oxidation sites excluding steroid dienone is 3. The van der Waals surface area contributed by atoms with Gasteiger partial charge in [0.15, 0.2) is 0 Å².